The number of amides is 1. The number of hydrogen-bond donors (Lipinski definition) is 1. The third kappa shape index (κ3) is 4.19. The molecule has 0 spiro atoms. The maximum atomic E-state index is 12.4. The number of nitrogens with one attached hydrogen (secondary N) is 1. The molecule has 2 aromatic heterocycles. The fourth-order valence-electron chi connectivity index (χ4n) is 3.00. The summed E-state index contributed by atoms with van der Waals surface area (Å²) < 4.78 is 12.0. The lowest BCUT2D eigenvalue weighted by atomic mass is 10.1. The second-order valence-corrected chi connectivity index (χ2v) is 6.46. The molecule has 1 N–H and O–H groups in total. The number of benzene rings is 2. The lowest BCUT2D eigenvalue weighted by molar-refractivity contribution is -0.115. The van der Waals surface area contributed by atoms with Crippen LogP contribution in [0.2, 0.25) is 0 Å². The van der Waals surface area contributed by atoms with Crippen LogP contribution >= 0.6 is 0 Å². The lowest BCUT2D eigenvalue weighted by Gasteiger charge is -2.07. The molecule has 2 aromatic carbocycles. The molecule has 0 aliphatic heterocycles. The van der Waals surface area contributed by atoms with Crippen LogP contribution in [0.1, 0.15) is 5.56 Å². The zero-order chi connectivity index (χ0) is 20.2. The monoisotopic (exact) mass is 388 g/mol. The predicted octanol–water partition coefficient (Wildman–Crippen LogP) is 3.59. The fraction of sp³-hybridized carbons (Fsp3) is 0.136. The Morgan fingerprint density at radius 2 is 1.86 bits per heavy atom. The van der Waals surface area contributed by atoms with E-state index in [-0.39, 0.29) is 12.3 Å². The Morgan fingerprint density at radius 3 is 2.62 bits per heavy atom. The molecule has 0 aliphatic carbocycles. The van der Waals surface area contributed by atoms with E-state index in [9.17, 15) is 4.79 Å². The molecule has 0 saturated heterocycles. The van der Waals surface area contributed by atoms with Gasteiger partial charge >= 0.3 is 0 Å². The molecule has 0 bridgehead atoms. The predicted molar refractivity (Wildman–Crippen MR) is 110 cm³/mol. The van der Waals surface area contributed by atoms with Crippen LogP contribution in [0.3, 0.4) is 0 Å². The van der Waals surface area contributed by atoms with Crippen LogP contribution in [-0.4, -0.2) is 34.7 Å². The van der Waals surface area contributed by atoms with Crippen molar-refractivity contribution in [3.8, 4) is 22.9 Å². The Morgan fingerprint density at radius 1 is 1.03 bits per heavy atom. The maximum absolute atomic E-state index is 12.4. The molecule has 0 radical (unpaired) electrons. The Labute approximate surface area is 167 Å². The normalized spacial score (nSPS) is 10.7. The van der Waals surface area contributed by atoms with E-state index in [0.717, 1.165) is 28.2 Å². The highest BCUT2D eigenvalue weighted by atomic mass is 16.5. The summed E-state index contributed by atoms with van der Waals surface area (Å²) in [5.41, 5.74) is 3.99. The van der Waals surface area contributed by atoms with Gasteiger partial charge in [-0.05, 0) is 35.9 Å². The number of carbonyl (C=O) groups is 1. The Bertz CT molecular complexity index is 1150. The average molecular weight is 388 g/mol. The smallest absolute Gasteiger partial charge is 0.231 e. The molecule has 7 nitrogen and oxygen atoms in total. The lowest BCUT2D eigenvalue weighted by Crippen LogP contribution is -2.14. The van der Waals surface area contributed by atoms with E-state index in [1.807, 2.05) is 60.8 Å². The van der Waals surface area contributed by atoms with Crippen molar-refractivity contribution in [3.05, 3.63) is 72.4 Å². The number of rotatable bonds is 6. The molecule has 1 amide bonds. The summed E-state index contributed by atoms with van der Waals surface area (Å²) in [7, 11) is 3.19. The van der Waals surface area contributed by atoms with Crippen LogP contribution in [0, 0.1) is 0 Å². The van der Waals surface area contributed by atoms with Gasteiger partial charge in [-0.25, -0.2) is 9.50 Å². The first kappa shape index (κ1) is 18.5. The maximum Gasteiger partial charge on any atom is 0.231 e. The molecule has 0 saturated carbocycles. The number of aromatic nitrogens is 3. The van der Waals surface area contributed by atoms with E-state index in [1.165, 1.54) is 0 Å². The van der Waals surface area contributed by atoms with E-state index < -0.39 is 0 Å². The van der Waals surface area contributed by atoms with E-state index in [2.05, 4.69) is 15.4 Å². The van der Waals surface area contributed by atoms with E-state index in [0.29, 0.717) is 11.6 Å². The Hall–Kier alpha value is -3.87. The van der Waals surface area contributed by atoms with Gasteiger partial charge in [-0.15, -0.1) is 5.10 Å². The molecule has 146 valence electrons. The Kier molecular flexibility index (Phi) is 5.11. The van der Waals surface area contributed by atoms with Crippen LogP contribution in [-0.2, 0) is 11.2 Å². The van der Waals surface area contributed by atoms with Gasteiger partial charge in [-0.2, -0.15) is 0 Å². The minimum Gasteiger partial charge on any atom is -0.497 e. The molecular formula is C22H20N4O3. The van der Waals surface area contributed by atoms with E-state index in [1.54, 1.807) is 24.8 Å². The molecule has 29 heavy (non-hydrogen) atoms. The van der Waals surface area contributed by atoms with Gasteiger partial charge in [0.1, 0.15) is 5.75 Å². The van der Waals surface area contributed by atoms with Gasteiger partial charge in [0.25, 0.3) is 0 Å². The first-order valence-electron chi connectivity index (χ1n) is 9.08. The highest BCUT2D eigenvalue weighted by molar-refractivity contribution is 5.92. The third-order valence-electron chi connectivity index (χ3n) is 4.47. The Balaban J connectivity index is 1.50. The second-order valence-electron chi connectivity index (χ2n) is 6.46. The fourth-order valence-corrected chi connectivity index (χ4v) is 3.00. The van der Waals surface area contributed by atoms with Crippen molar-refractivity contribution in [2.75, 3.05) is 19.5 Å². The summed E-state index contributed by atoms with van der Waals surface area (Å²) in [4.78, 5) is 17.0. The molecule has 0 atom stereocenters. The van der Waals surface area contributed by atoms with Gasteiger partial charge in [0.15, 0.2) is 5.65 Å². The minimum atomic E-state index is -0.0891. The van der Waals surface area contributed by atoms with Crippen molar-refractivity contribution in [2.24, 2.45) is 0 Å². The summed E-state index contributed by atoms with van der Waals surface area (Å²) in [5.74, 6) is 1.19. The van der Waals surface area contributed by atoms with Gasteiger partial charge < -0.3 is 14.8 Å². The summed E-state index contributed by atoms with van der Waals surface area (Å²) in [6, 6.07) is 18.6. The summed E-state index contributed by atoms with van der Waals surface area (Å²) >= 11 is 0. The van der Waals surface area contributed by atoms with Crippen molar-refractivity contribution in [3.63, 3.8) is 0 Å². The number of hydrogen-bond acceptors (Lipinski definition) is 5. The van der Waals surface area contributed by atoms with Crippen LogP contribution < -0.4 is 14.8 Å². The molecule has 0 fully saturated rings. The first-order valence-corrected chi connectivity index (χ1v) is 9.08. The highest BCUT2D eigenvalue weighted by Crippen LogP contribution is 2.23. The second kappa shape index (κ2) is 8.02. The van der Waals surface area contributed by atoms with Crippen molar-refractivity contribution in [1.82, 2.24) is 14.6 Å². The van der Waals surface area contributed by atoms with E-state index in [4.69, 9.17) is 9.47 Å². The van der Waals surface area contributed by atoms with Crippen LogP contribution in [0.25, 0.3) is 16.9 Å². The molecule has 0 unspecified atom stereocenters. The molecular weight excluding hydrogens is 368 g/mol. The number of nitrogens with zero attached hydrogens (tertiary/aromatic N) is 3. The first-order chi connectivity index (χ1) is 14.1. The third-order valence-corrected chi connectivity index (χ3v) is 4.47. The number of anilines is 1. The van der Waals surface area contributed by atoms with Crippen LogP contribution in [0.4, 0.5) is 5.69 Å². The van der Waals surface area contributed by atoms with Crippen molar-refractivity contribution in [1.29, 1.82) is 0 Å². The largest absolute Gasteiger partial charge is 0.497 e. The minimum absolute atomic E-state index is 0.0891. The van der Waals surface area contributed by atoms with Gasteiger partial charge in [0.2, 0.25) is 11.8 Å². The summed E-state index contributed by atoms with van der Waals surface area (Å²) in [6.07, 6.45) is 2.11. The number of ether oxygens (including phenoxy) is 2. The van der Waals surface area contributed by atoms with Crippen molar-refractivity contribution >= 4 is 17.2 Å². The standard InChI is InChI=1S/C22H20N4O3/c1-28-18-8-6-15(7-9-18)12-21(27)23-17-5-3-4-16(13-17)19-14-26-20(24-19)10-11-22(25-26)29-2/h3-11,13-14H,12H2,1-2H3,(H,23,27). The molecule has 0 aliphatic rings. The molecule has 7 heteroatoms. The topological polar surface area (TPSA) is 77.8 Å². The SMILES string of the molecule is COc1ccc(CC(=O)Nc2cccc(-c3cn4nc(OC)ccc4n3)c2)cc1. The van der Waals surface area contributed by atoms with Crippen molar-refractivity contribution < 1.29 is 14.3 Å². The number of carbonyl (C=O) groups excluding carboxylic acids is 1. The molecule has 4 aromatic rings. The van der Waals surface area contributed by atoms with Crippen LogP contribution in [0.15, 0.2) is 66.9 Å². The van der Waals surface area contributed by atoms with Gasteiger partial charge in [0.05, 0.1) is 32.5 Å². The average Bonchev–Trinajstić information content (AvgIpc) is 3.17. The zero-order valence-corrected chi connectivity index (χ0v) is 16.1. The summed E-state index contributed by atoms with van der Waals surface area (Å²) in [5, 5.41) is 7.26. The van der Waals surface area contributed by atoms with Gasteiger partial charge in [-0.3, -0.25) is 4.79 Å². The quantitative estimate of drug-likeness (QED) is 0.546. The summed E-state index contributed by atoms with van der Waals surface area (Å²) in [6.45, 7) is 0. The van der Waals surface area contributed by atoms with Crippen LogP contribution in [0.5, 0.6) is 11.6 Å². The number of fused-ring (bicyclic) bond motifs is 1. The number of methoxy groups -OCH3 is 2. The number of imidazole rings is 1. The molecule has 2 heterocycles. The van der Waals surface area contributed by atoms with E-state index >= 15 is 0 Å². The van der Waals surface area contributed by atoms with Crippen molar-refractivity contribution in [2.45, 2.75) is 6.42 Å². The van der Waals surface area contributed by atoms with Gasteiger partial charge in [0, 0.05) is 17.3 Å². The molecule has 4 rings (SSSR count). The van der Waals surface area contributed by atoms with Gasteiger partial charge in [-0.1, -0.05) is 24.3 Å². The highest BCUT2D eigenvalue weighted by Gasteiger charge is 2.09. The zero-order valence-electron chi connectivity index (χ0n) is 16.1.